The molecule has 0 saturated carbocycles. The van der Waals surface area contributed by atoms with Gasteiger partial charge in [0.05, 0.1) is 5.92 Å². The Bertz CT molecular complexity index is 379. The highest BCUT2D eigenvalue weighted by molar-refractivity contribution is 9.10. The van der Waals surface area contributed by atoms with Crippen LogP contribution in [0.1, 0.15) is 25.3 Å². The van der Waals surface area contributed by atoms with E-state index in [-0.39, 0.29) is 5.92 Å². The fourth-order valence-corrected chi connectivity index (χ4v) is 2.16. The van der Waals surface area contributed by atoms with Crippen LogP contribution in [0, 0.1) is 5.92 Å². The molecule has 0 bridgehead atoms. The Hall–Kier alpha value is -0.870. The van der Waals surface area contributed by atoms with E-state index in [9.17, 15) is 9.90 Å². The zero-order chi connectivity index (χ0) is 13.4. The smallest absolute Gasteiger partial charge is 0.306 e. The molecule has 100 valence electrons. The summed E-state index contributed by atoms with van der Waals surface area (Å²) in [5, 5.41) is 9.21. The van der Waals surface area contributed by atoms with Gasteiger partial charge in [-0.05, 0) is 30.9 Å². The van der Waals surface area contributed by atoms with Gasteiger partial charge in [-0.25, -0.2) is 0 Å². The molecule has 0 heterocycles. The van der Waals surface area contributed by atoms with E-state index < -0.39 is 5.97 Å². The second-order valence-corrected chi connectivity index (χ2v) is 5.09. The third kappa shape index (κ3) is 5.19. The van der Waals surface area contributed by atoms with Gasteiger partial charge in [0.1, 0.15) is 0 Å². The fraction of sp³-hybridized carbons (Fsp3) is 0.500. The van der Waals surface area contributed by atoms with Gasteiger partial charge in [-0.15, -0.1) is 0 Å². The van der Waals surface area contributed by atoms with Crippen LogP contribution in [0.4, 0.5) is 0 Å². The van der Waals surface area contributed by atoms with E-state index in [0.717, 1.165) is 16.5 Å². The number of aliphatic carboxylic acids is 1. The molecule has 0 aliphatic rings. The van der Waals surface area contributed by atoms with Gasteiger partial charge in [0.15, 0.2) is 0 Å². The first kappa shape index (κ1) is 15.2. The lowest BCUT2D eigenvalue weighted by atomic mass is 9.97. The lowest BCUT2D eigenvalue weighted by Gasteiger charge is -2.13. The van der Waals surface area contributed by atoms with Crippen LogP contribution in [0.5, 0.6) is 0 Å². The largest absolute Gasteiger partial charge is 0.481 e. The Kier molecular flexibility index (Phi) is 6.98. The molecule has 1 aromatic rings. The summed E-state index contributed by atoms with van der Waals surface area (Å²) in [6.07, 6.45) is 2.05. The number of benzene rings is 1. The number of rotatable bonds is 8. The van der Waals surface area contributed by atoms with Crippen LogP contribution in [-0.4, -0.2) is 24.3 Å². The van der Waals surface area contributed by atoms with Crippen LogP contribution in [-0.2, 0) is 16.0 Å². The summed E-state index contributed by atoms with van der Waals surface area (Å²) >= 11 is 3.44. The van der Waals surface area contributed by atoms with E-state index in [1.165, 1.54) is 0 Å². The molecule has 18 heavy (non-hydrogen) atoms. The van der Waals surface area contributed by atoms with E-state index in [1.807, 2.05) is 31.2 Å². The SMILES string of the molecule is CCCOCCC(Cc1ccccc1Br)C(=O)O. The maximum Gasteiger partial charge on any atom is 0.306 e. The zero-order valence-corrected chi connectivity index (χ0v) is 12.1. The van der Waals surface area contributed by atoms with Crippen molar-refractivity contribution in [2.75, 3.05) is 13.2 Å². The molecule has 4 heteroatoms. The van der Waals surface area contributed by atoms with Crippen LogP contribution in [0.3, 0.4) is 0 Å². The van der Waals surface area contributed by atoms with Crippen molar-refractivity contribution in [1.82, 2.24) is 0 Å². The fourth-order valence-electron chi connectivity index (χ4n) is 1.71. The molecule has 0 amide bonds. The van der Waals surface area contributed by atoms with Gasteiger partial charge >= 0.3 is 5.97 Å². The standard InChI is InChI=1S/C14H19BrO3/c1-2-8-18-9-7-12(14(16)17)10-11-5-3-4-6-13(11)15/h3-6,12H,2,7-10H2,1H3,(H,16,17). The van der Waals surface area contributed by atoms with E-state index >= 15 is 0 Å². The summed E-state index contributed by atoms with van der Waals surface area (Å²) in [5.74, 6) is -1.15. The average molecular weight is 315 g/mol. The topological polar surface area (TPSA) is 46.5 Å². The Morgan fingerprint density at radius 1 is 1.39 bits per heavy atom. The lowest BCUT2D eigenvalue weighted by molar-refractivity contribution is -0.142. The van der Waals surface area contributed by atoms with E-state index in [2.05, 4.69) is 15.9 Å². The highest BCUT2D eigenvalue weighted by Gasteiger charge is 2.18. The lowest BCUT2D eigenvalue weighted by Crippen LogP contribution is -2.19. The van der Waals surface area contributed by atoms with Crippen LogP contribution in [0.15, 0.2) is 28.7 Å². The van der Waals surface area contributed by atoms with Crippen molar-refractivity contribution in [2.24, 2.45) is 5.92 Å². The molecule has 0 aliphatic carbocycles. The molecular formula is C14H19BrO3. The molecule has 0 radical (unpaired) electrons. The van der Waals surface area contributed by atoms with Gasteiger partial charge in [0, 0.05) is 17.7 Å². The van der Waals surface area contributed by atoms with Gasteiger partial charge in [-0.2, -0.15) is 0 Å². The van der Waals surface area contributed by atoms with Gasteiger partial charge in [0.25, 0.3) is 0 Å². The van der Waals surface area contributed by atoms with Crippen molar-refractivity contribution >= 4 is 21.9 Å². The second kappa shape index (κ2) is 8.27. The van der Waals surface area contributed by atoms with E-state index in [1.54, 1.807) is 0 Å². The molecule has 0 spiro atoms. The van der Waals surface area contributed by atoms with Crippen molar-refractivity contribution in [3.63, 3.8) is 0 Å². The summed E-state index contributed by atoms with van der Waals surface area (Å²) < 4.78 is 6.32. The first-order valence-corrected chi connectivity index (χ1v) is 6.98. The minimum Gasteiger partial charge on any atom is -0.481 e. The summed E-state index contributed by atoms with van der Waals surface area (Å²) in [4.78, 5) is 11.2. The number of carbonyl (C=O) groups is 1. The molecule has 3 nitrogen and oxygen atoms in total. The van der Waals surface area contributed by atoms with Crippen LogP contribution in [0.2, 0.25) is 0 Å². The quantitative estimate of drug-likeness (QED) is 0.747. The van der Waals surface area contributed by atoms with E-state index in [4.69, 9.17) is 4.74 Å². The molecular weight excluding hydrogens is 296 g/mol. The number of hydrogen-bond donors (Lipinski definition) is 1. The van der Waals surface area contributed by atoms with Gasteiger partial charge in [0.2, 0.25) is 0 Å². The van der Waals surface area contributed by atoms with Crippen LogP contribution >= 0.6 is 15.9 Å². The first-order valence-electron chi connectivity index (χ1n) is 6.19. The minimum atomic E-state index is -0.758. The first-order chi connectivity index (χ1) is 8.65. The highest BCUT2D eigenvalue weighted by Crippen LogP contribution is 2.21. The van der Waals surface area contributed by atoms with Crippen molar-refractivity contribution in [1.29, 1.82) is 0 Å². The number of carboxylic acid groups (broad SMARTS) is 1. The Morgan fingerprint density at radius 2 is 2.11 bits per heavy atom. The predicted molar refractivity (Wildman–Crippen MR) is 74.7 cm³/mol. The molecule has 0 saturated heterocycles. The van der Waals surface area contributed by atoms with E-state index in [0.29, 0.717) is 26.1 Å². The molecule has 1 N–H and O–H groups in total. The van der Waals surface area contributed by atoms with Crippen LogP contribution < -0.4 is 0 Å². The maximum atomic E-state index is 11.2. The highest BCUT2D eigenvalue weighted by atomic mass is 79.9. The van der Waals surface area contributed by atoms with Gasteiger partial charge in [-0.3, -0.25) is 4.79 Å². The Morgan fingerprint density at radius 3 is 2.72 bits per heavy atom. The van der Waals surface area contributed by atoms with Crippen molar-refractivity contribution in [3.05, 3.63) is 34.3 Å². The molecule has 0 aliphatic heterocycles. The van der Waals surface area contributed by atoms with Crippen molar-refractivity contribution < 1.29 is 14.6 Å². The molecule has 0 aromatic heterocycles. The van der Waals surface area contributed by atoms with Crippen LogP contribution in [0.25, 0.3) is 0 Å². The summed E-state index contributed by atoms with van der Waals surface area (Å²) in [6.45, 7) is 3.24. The number of carboxylic acids is 1. The molecule has 0 fully saturated rings. The molecule has 1 atom stereocenters. The van der Waals surface area contributed by atoms with Gasteiger partial charge in [-0.1, -0.05) is 41.1 Å². The molecule has 1 aromatic carbocycles. The average Bonchev–Trinajstić information content (AvgIpc) is 2.35. The van der Waals surface area contributed by atoms with Crippen molar-refractivity contribution in [3.8, 4) is 0 Å². The predicted octanol–water partition coefficient (Wildman–Crippen LogP) is 3.51. The number of hydrogen-bond acceptors (Lipinski definition) is 2. The number of halogens is 1. The Balaban J connectivity index is 2.53. The third-order valence-electron chi connectivity index (χ3n) is 2.73. The van der Waals surface area contributed by atoms with Crippen molar-refractivity contribution in [2.45, 2.75) is 26.2 Å². The minimum absolute atomic E-state index is 0.388. The molecule has 1 unspecified atom stereocenters. The zero-order valence-electron chi connectivity index (χ0n) is 10.6. The monoisotopic (exact) mass is 314 g/mol. The number of ether oxygens (including phenoxy) is 1. The summed E-state index contributed by atoms with van der Waals surface area (Å²) in [7, 11) is 0. The van der Waals surface area contributed by atoms with Gasteiger partial charge < -0.3 is 9.84 Å². The third-order valence-corrected chi connectivity index (χ3v) is 3.51. The molecule has 1 rings (SSSR count). The maximum absolute atomic E-state index is 11.2. The normalized spacial score (nSPS) is 12.3. The summed E-state index contributed by atoms with van der Waals surface area (Å²) in [6, 6.07) is 7.73. The second-order valence-electron chi connectivity index (χ2n) is 4.23. The Labute approximate surface area is 116 Å². The summed E-state index contributed by atoms with van der Waals surface area (Å²) in [5.41, 5.74) is 1.03.